The SMILES string of the molecule is FC(F)(F)CCCCNc1nccc2c(Br)cccc12. The second-order valence-corrected chi connectivity index (χ2v) is 5.35. The van der Waals surface area contributed by atoms with E-state index in [1.54, 1.807) is 6.20 Å². The normalized spacial score (nSPS) is 11.8. The van der Waals surface area contributed by atoms with Crippen molar-refractivity contribution in [3.63, 3.8) is 0 Å². The quantitative estimate of drug-likeness (QED) is 0.758. The lowest BCUT2D eigenvalue weighted by atomic mass is 10.1. The van der Waals surface area contributed by atoms with Crippen molar-refractivity contribution >= 4 is 32.5 Å². The maximum absolute atomic E-state index is 12.0. The molecule has 1 N–H and O–H groups in total. The van der Waals surface area contributed by atoms with Crippen LogP contribution < -0.4 is 5.32 Å². The van der Waals surface area contributed by atoms with E-state index in [1.165, 1.54) is 0 Å². The van der Waals surface area contributed by atoms with Crippen molar-refractivity contribution in [1.82, 2.24) is 4.98 Å². The molecule has 0 saturated heterocycles. The summed E-state index contributed by atoms with van der Waals surface area (Å²) in [5, 5.41) is 5.09. The van der Waals surface area contributed by atoms with Crippen LogP contribution in [0.5, 0.6) is 0 Å². The second-order valence-electron chi connectivity index (χ2n) is 4.49. The van der Waals surface area contributed by atoms with Crippen LogP contribution in [-0.4, -0.2) is 17.7 Å². The van der Waals surface area contributed by atoms with Crippen LogP contribution >= 0.6 is 15.9 Å². The number of halogens is 4. The van der Waals surface area contributed by atoms with Crippen LogP contribution in [0, 0.1) is 0 Å². The molecule has 2 aromatic rings. The highest BCUT2D eigenvalue weighted by Crippen LogP contribution is 2.27. The lowest BCUT2D eigenvalue weighted by Gasteiger charge is -2.10. The molecule has 0 spiro atoms. The van der Waals surface area contributed by atoms with Crippen molar-refractivity contribution in [1.29, 1.82) is 0 Å². The lowest BCUT2D eigenvalue weighted by Crippen LogP contribution is -2.09. The number of nitrogens with zero attached hydrogens (tertiary/aromatic N) is 1. The first kappa shape index (κ1) is 15.1. The van der Waals surface area contributed by atoms with E-state index in [9.17, 15) is 13.2 Å². The first-order valence-electron chi connectivity index (χ1n) is 6.31. The van der Waals surface area contributed by atoms with E-state index < -0.39 is 12.6 Å². The van der Waals surface area contributed by atoms with E-state index in [0.717, 1.165) is 15.2 Å². The summed E-state index contributed by atoms with van der Waals surface area (Å²) in [5.74, 6) is 0.704. The fourth-order valence-electron chi connectivity index (χ4n) is 1.97. The molecule has 0 fully saturated rings. The third-order valence-electron chi connectivity index (χ3n) is 2.93. The van der Waals surface area contributed by atoms with Gasteiger partial charge in [-0.05, 0) is 25.0 Å². The van der Waals surface area contributed by atoms with Gasteiger partial charge in [-0.2, -0.15) is 13.2 Å². The second kappa shape index (κ2) is 6.43. The molecule has 0 radical (unpaired) electrons. The summed E-state index contributed by atoms with van der Waals surface area (Å²) >= 11 is 3.47. The Kier molecular flexibility index (Phi) is 4.86. The van der Waals surface area contributed by atoms with Crippen LogP contribution in [0.3, 0.4) is 0 Å². The molecule has 0 saturated carbocycles. The van der Waals surface area contributed by atoms with Crippen molar-refractivity contribution in [3.05, 3.63) is 34.9 Å². The van der Waals surface area contributed by atoms with Crippen molar-refractivity contribution in [2.24, 2.45) is 0 Å². The van der Waals surface area contributed by atoms with Crippen LogP contribution in [0.25, 0.3) is 10.8 Å². The average molecular weight is 347 g/mol. The Hall–Kier alpha value is -1.30. The van der Waals surface area contributed by atoms with Gasteiger partial charge in [-0.3, -0.25) is 0 Å². The van der Waals surface area contributed by atoms with Gasteiger partial charge in [0.25, 0.3) is 0 Å². The van der Waals surface area contributed by atoms with Gasteiger partial charge < -0.3 is 5.32 Å². The maximum atomic E-state index is 12.0. The molecule has 0 aliphatic rings. The minimum Gasteiger partial charge on any atom is -0.370 e. The first-order valence-corrected chi connectivity index (χ1v) is 7.10. The van der Waals surface area contributed by atoms with Crippen LogP contribution in [0.4, 0.5) is 19.0 Å². The maximum Gasteiger partial charge on any atom is 0.389 e. The number of aromatic nitrogens is 1. The molecule has 0 bridgehead atoms. The molecule has 0 unspecified atom stereocenters. The van der Waals surface area contributed by atoms with Gasteiger partial charge in [0.15, 0.2) is 0 Å². The number of alkyl halides is 3. The summed E-state index contributed by atoms with van der Waals surface area (Å²) < 4.78 is 37.0. The summed E-state index contributed by atoms with van der Waals surface area (Å²) in [7, 11) is 0. The molecular weight excluding hydrogens is 333 g/mol. The minimum atomic E-state index is -4.07. The third kappa shape index (κ3) is 4.10. The number of rotatable bonds is 5. The molecule has 0 amide bonds. The zero-order valence-electron chi connectivity index (χ0n) is 10.7. The van der Waals surface area contributed by atoms with E-state index in [1.807, 2.05) is 24.3 Å². The smallest absolute Gasteiger partial charge is 0.370 e. The minimum absolute atomic E-state index is 0.130. The van der Waals surface area contributed by atoms with Gasteiger partial charge in [0, 0.05) is 34.4 Å². The average Bonchev–Trinajstić information content (AvgIpc) is 2.38. The molecular formula is C14H14BrF3N2. The first-order chi connectivity index (χ1) is 9.47. The van der Waals surface area contributed by atoms with Gasteiger partial charge in [0.2, 0.25) is 0 Å². The molecule has 20 heavy (non-hydrogen) atoms. The molecule has 2 nitrogen and oxygen atoms in total. The highest BCUT2D eigenvalue weighted by atomic mass is 79.9. The molecule has 6 heteroatoms. The molecule has 1 heterocycles. The number of fused-ring (bicyclic) bond motifs is 1. The number of hydrogen-bond donors (Lipinski definition) is 1. The van der Waals surface area contributed by atoms with E-state index in [4.69, 9.17) is 0 Å². The van der Waals surface area contributed by atoms with Gasteiger partial charge in [0.1, 0.15) is 5.82 Å². The zero-order chi connectivity index (χ0) is 14.6. The van der Waals surface area contributed by atoms with Crippen LogP contribution in [0.15, 0.2) is 34.9 Å². The topological polar surface area (TPSA) is 24.9 Å². The molecule has 108 valence electrons. The number of anilines is 1. The van der Waals surface area contributed by atoms with Crippen LogP contribution in [0.1, 0.15) is 19.3 Å². The Balaban J connectivity index is 1.95. The molecule has 2 rings (SSSR count). The number of hydrogen-bond acceptors (Lipinski definition) is 2. The van der Waals surface area contributed by atoms with Gasteiger partial charge >= 0.3 is 6.18 Å². The van der Waals surface area contributed by atoms with E-state index in [2.05, 4.69) is 26.2 Å². The Morgan fingerprint density at radius 1 is 1.10 bits per heavy atom. The van der Waals surface area contributed by atoms with Crippen molar-refractivity contribution in [3.8, 4) is 0 Å². The van der Waals surface area contributed by atoms with Crippen LogP contribution in [-0.2, 0) is 0 Å². The van der Waals surface area contributed by atoms with Gasteiger partial charge in [-0.25, -0.2) is 4.98 Å². The van der Waals surface area contributed by atoms with E-state index in [0.29, 0.717) is 18.8 Å². The molecule has 0 aliphatic carbocycles. The van der Waals surface area contributed by atoms with Gasteiger partial charge in [-0.15, -0.1) is 0 Å². The molecule has 1 aromatic heterocycles. The largest absolute Gasteiger partial charge is 0.389 e. The third-order valence-corrected chi connectivity index (χ3v) is 3.62. The summed E-state index contributed by atoms with van der Waals surface area (Å²) in [6.07, 6.45) is -2.52. The summed E-state index contributed by atoms with van der Waals surface area (Å²) in [6, 6.07) is 7.68. The Morgan fingerprint density at radius 3 is 2.65 bits per heavy atom. The van der Waals surface area contributed by atoms with Crippen LogP contribution in [0.2, 0.25) is 0 Å². The van der Waals surface area contributed by atoms with Crippen molar-refractivity contribution in [2.45, 2.75) is 25.4 Å². The monoisotopic (exact) mass is 346 g/mol. The van der Waals surface area contributed by atoms with Gasteiger partial charge in [0.05, 0.1) is 0 Å². The highest BCUT2D eigenvalue weighted by molar-refractivity contribution is 9.10. The summed E-state index contributed by atoms with van der Waals surface area (Å²) in [5.41, 5.74) is 0. The summed E-state index contributed by atoms with van der Waals surface area (Å²) in [4.78, 5) is 4.24. The van der Waals surface area contributed by atoms with Crippen molar-refractivity contribution in [2.75, 3.05) is 11.9 Å². The fourth-order valence-corrected chi connectivity index (χ4v) is 2.47. The van der Waals surface area contributed by atoms with E-state index >= 15 is 0 Å². The number of unbranched alkanes of at least 4 members (excludes halogenated alkanes) is 1. The molecule has 0 aliphatic heterocycles. The van der Waals surface area contributed by atoms with Gasteiger partial charge in [-0.1, -0.05) is 28.1 Å². The predicted octanol–water partition coefficient (Wildman–Crippen LogP) is 5.14. The Bertz CT molecular complexity index is 584. The number of benzene rings is 1. The lowest BCUT2D eigenvalue weighted by molar-refractivity contribution is -0.135. The number of nitrogens with one attached hydrogen (secondary N) is 1. The Labute approximate surface area is 123 Å². The van der Waals surface area contributed by atoms with Crippen molar-refractivity contribution < 1.29 is 13.2 Å². The number of pyridine rings is 1. The molecule has 0 atom stereocenters. The highest BCUT2D eigenvalue weighted by Gasteiger charge is 2.25. The molecule has 1 aromatic carbocycles. The fraction of sp³-hybridized carbons (Fsp3) is 0.357. The standard InChI is InChI=1S/C14H14BrF3N2/c15-12-5-3-4-11-10(12)6-9-20-13(11)19-8-2-1-7-14(16,17)18/h3-6,9H,1-2,7-8H2,(H,19,20). The zero-order valence-corrected chi connectivity index (χ0v) is 12.3. The Morgan fingerprint density at radius 2 is 1.90 bits per heavy atom. The summed E-state index contributed by atoms with van der Waals surface area (Å²) in [6.45, 7) is 0.481. The van der Waals surface area contributed by atoms with E-state index in [-0.39, 0.29) is 6.42 Å². The predicted molar refractivity (Wildman–Crippen MR) is 77.8 cm³/mol.